The predicted molar refractivity (Wildman–Crippen MR) is 156 cm³/mol. The molecule has 1 unspecified atom stereocenters. The summed E-state index contributed by atoms with van der Waals surface area (Å²) in [5.41, 5.74) is 0.211. The Labute approximate surface area is 246 Å². The summed E-state index contributed by atoms with van der Waals surface area (Å²) in [5, 5.41) is 10.0. The summed E-state index contributed by atoms with van der Waals surface area (Å²) in [6.07, 6.45) is 1.74. The van der Waals surface area contributed by atoms with Gasteiger partial charge in [0.2, 0.25) is 5.91 Å². The molecule has 4 aromatic rings. The molecule has 1 heterocycles. The van der Waals surface area contributed by atoms with E-state index in [0.717, 1.165) is 11.8 Å². The van der Waals surface area contributed by atoms with Gasteiger partial charge >= 0.3 is 0 Å². The highest BCUT2D eigenvalue weighted by molar-refractivity contribution is 8.00. The molecule has 3 N–H and O–H groups in total. The fraction of sp³-hybridized carbons (Fsp3) is 0.100. The van der Waals surface area contributed by atoms with E-state index in [1.165, 1.54) is 17.4 Å². The van der Waals surface area contributed by atoms with Crippen molar-refractivity contribution in [3.05, 3.63) is 118 Å². The Balaban J connectivity index is 1.49. The zero-order valence-corrected chi connectivity index (χ0v) is 23.6. The number of hydrogen-bond donors (Lipinski definition) is 3. The number of amides is 3. The number of benzene rings is 3. The Hall–Kier alpha value is -4.42. The van der Waals surface area contributed by atoms with Crippen LogP contribution in [0.1, 0.15) is 29.3 Å². The van der Waals surface area contributed by atoms with Gasteiger partial charge in [0.25, 0.3) is 11.8 Å². The predicted octanol–water partition coefficient (Wildman–Crippen LogP) is 7.22. The summed E-state index contributed by atoms with van der Waals surface area (Å²) < 4.78 is 55.3. The van der Waals surface area contributed by atoms with Crippen LogP contribution in [0, 0.1) is 23.3 Å². The van der Waals surface area contributed by atoms with Crippen LogP contribution in [0.4, 0.5) is 28.9 Å². The van der Waals surface area contributed by atoms with Crippen molar-refractivity contribution in [2.45, 2.75) is 23.5 Å². The molecule has 0 aliphatic heterocycles. The van der Waals surface area contributed by atoms with Gasteiger partial charge in [-0.05, 0) is 65.2 Å². The molecule has 0 saturated heterocycles. The average Bonchev–Trinajstić information content (AvgIpc) is 3.50. The Morgan fingerprint density at radius 3 is 2.26 bits per heavy atom. The lowest BCUT2D eigenvalue weighted by Crippen LogP contribution is -2.30. The first-order chi connectivity index (χ1) is 20.2. The lowest BCUT2D eigenvalue weighted by atomic mass is 10.2. The van der Waals surface area contributed by atoms with Gasteiger partial charge in [-0.3, -0.25) is 14.4 Å². The van der Waals surface area contributed by atoms with E-state index in [1.54, 1.807) is 67.6 Å². The number of thiophene rings is 1. The second-order valence-corrected chi connectivity index (χ2v) is 10.8. The van der Waals surface area contributed by atoms with Gasteiger partial charge in [0.1, 0.15) is 11.4 Å². The second-order valence-electron chi connectivity index (χ2n) is 8.76. The van der Waals surface area contributed by atoms with Gasteiger partial charge in [0.05, 0.1) is 5.25 Å². The van der Waals surface area contributed by atoms with E-state index < -0.39 is 51.9 Å². The summed E-state index contributed by atoms with van der Waals surface area (Å²) in [4.78, 5) is 39.3. The van der Waals surface area contributed by atoms with E-state index in [9.17, 15) is 31.9 Å². The number of nitrogens with one attached hydrogen (secondary N) is 3. The summed E-state index contributed by atoms with van der Waals surface area (Å²) in [7, 11) is 0. The Morgan fingerprint density at radius 2 is 1.62 bits per heavy atom. The first-order valence-corrected chi connectivity index (χ1v) is 14.3. The maximum absolute atomic E-state index is 14.1. The number of anilines is 2. The van der Waals surface area contributed by atoms with Crippen LogP contribution in [0.3, 0.4) is 0 Å². The van der Waals surface area contributed by atoms with Crippen LogP contribution in [0.25, 0.3) is 6.08 Å². The van der Waals surface area contributed by atoms with Crippen LogP contribution in [0.5, 0.6) is 0 Å². The molecule has 42 heavy (non-hydrogen) atoms. The van der Waals surface area contributed by atoms with E-state index in [-0.39, 0.29) is 18.2 Å². The van der Waals surface area contributed by atoms with Crippen molar-refractivity contribution in [1.82, 2.24) is 5.32 Å². The van der Waals surface area contributed by atoms with E-state index in [0.29, 0.717) is 21.7 Å². The molecule has 0 fully saturated rings. The maximum atomic E-state index is 14.1. The van der Waals surface area contributed by atoms with E-state index >= 15 is 0 Å². The lowest BCUT2D eigenvalue weighted by Gasteiger charge is -2.17. The Morgan fingerprint density at radius 1 is 0.905 bits per heavy atom. The Bertz CT molecular complexity index is 1600. The van der Waals surface area contributed by atoms with Gasteiger partial charge in [0.15, 0.2) is 23.3 Å². The minimum Gasteiger partial charge on any atom is -0.321 e. The number of rotatable bonds is 10. The van der Waals surface area contributed by atoms with Gasteiger partial charge in [-0.25, -0.2) is 17.6 Å². The zero-order valence-electron chi connectivity index (χ0n) is 21.9. The number of thioether (sulfide) groups is 1. The van der Waals surface area contributed by atoms with Gasteiger partial charge in [-0.15, -0.1) is 11.8 Å². The molecule has 0 bridgehead atoms. The van der Waals surface area contributed by atoms with Gasteiger partial charge in [0, 0.05) is 22.2 Å². The first-order valence-electron chi connectivity index (χ1n) is 12.5. The quantitative estimate of drug-likeness (QED) is 0.0763. The fourth-order valence-electron chi connectivity index (χ4n) is 3.68. The molecule has 6 nitrogen and oxygen atoms in total. The van der Waals surface area contributed by atoms with Crippen LogP contribution in [-0.2, 0) is 9.59 Å². The number of carbonyl (C=O) groups excluding carboxylic acids is 3. The van der Waals surface area contributed by atoms with Crippen molar-refractivity contribution in [2.75, 3.05) is 10.6 Å². The molecular weight excluding hydrogens is 590 g/mol. The number of carbonyl (C=O) groups is 3. The second kappa shape index (κ2) is 14.0. The summed E-state index contributed by atoms with van der Waals surface area (Å²) in [5.74, 6) is -8.64. The van der Waals surface area contributed by atoms with Crippen LogP contribution in [0.15, 0.2) is 88.1 Å². The average molecular weight is 614 g/mol. The molecule has 216 valence electrons. The molecule has 12 heteroatoms. The van der Waals surface area contributed by atoms with Crippen LogP contribution in [-0.4, -0.2) is 23.0 Å². The Kier molecular flexibility index (Phi) is 10.2. The molecule has 3 amide bonds. The van der Waals surface area contributed by atoms with E-state index in [1.807, 2.05) is 16.1 Å². The standard InChI is InChI=1S/C30H23F4N3O3S2/c1-2-24(30(40)37-27-25(33)21(31)15-22(32)26(27)34)42-20-10-6-9-19(14-20)35-29(39)23(13-17-11-12-41-16-17)36-28(38)18-7-4-3-5-8-18/h3-16,24H,2H2,1H3,(H,35,39)(H,36,38)(H,37,40)/b23-13-. The van der Waals surface area contributed by atoms with Crippen molar-refractivity contribution < 1.29 is 31.9 Å². The monoisotopic (exact) mass is 613 g/mol. The molecule has 0 aliphatic carbocycles. The zero-order chi connectivity index (χ0) is 30.2. The molecular formula is C30H23F4N3O3S2. The molecule has 0 radical (unpaired) electrons. The van der Waals surface area contributed by atoms with Crippen molar-refractivity contribution in [3.8, 4) is 0 Å². The minimum atomic E-state index is -1.71. The lowest BCUT2D eigenvalue weighted by molar-refractivity contribution is -0.116. The summed E-state index contributed by atoms with van der Waals surface area (Å²) in [6, 6.07) is 16.7. The molecule has 4 rings (SSSR count). The summed E-state index contributed by atoms with van der Waals surface area (Å²) in [6.45, 7) is 1.65. The van der Waals surface area contributed by atoms with E-state index in [2.05, 4.69) is 10.6 Å². The van der Waals surface area contributed by atoms with Crippen molar-refractivity contribution in [3.63, 3.8) is 0 Å². The van der Waals surface area contributed by atoms with Crippen molar-refractivity contribution in [1.29, 1.82) is 0 Å². The highest BCUT2D eigenvalue weighted by Gasteiger charge is 2.25. The molecule has 0 spiro atoms. The van der Waals surface area contributed by atoms with Gasteiger partial charge in [-0.1, -0.05) is 31.2 Å². The maximum Gasteiger partial charge on any atom is 0.272 e. The highest BCUT2D eigenvalue weighted by atomic mass is 32.2. The summed E-state index contributed by atoms with van der Waals surface area (Å²) >= 11 is 2.44. The van der Waals surface area contributed by atoms with Crippen LogP contribution >= 0.6 is 23.1 Å². The third-order valence-electron chi connectivity index (χ3n) is 5.78. The molecule has 1 atom stereocenters. The largest absolute Gasteiger partial charge is 0.321 e. The van der Waals surface area contributed by atoms with Crippen LogP contribution in [0.2, 0.25) is 0 Å². The first kappa shape index (κ1) is 30.5. The van der Waals surface area contributed by atoms with Gasteiger partial charge in [-0.2, -0.15) is 11.3 Å². The molecule has 0 aliphatic rings. The fourth-order valence-corrected chi connectivity index (χ4v) is 5.32. The van der Waals surface area contributed by atoms with Crippen molar-refractivity contribution in [2.24, 2.45) is 0 Å². The topological polar surface area (TPSA) is 87.3 Å². The highest BCUT2D eigenvalue weighted by Crippen LogP contribution is 2.30. The SMILES string of the molecule is CCC(Sc1cccc(NC(=O)/C(=C/c2ccsc2)NC(=O)c2ccccc2)c1)C(=O)Nc1c(F)c(F)cc(F)c1F. The smallest absolute Gasteiger partial charge is 0.272 e. The normalized spacial score (nSPS) is 12.0. The molecule has 1 aromatic heterocycles. The number of hydrogen-bond acceptors (Lipinski definition) is 5. The minimum absolute atomic E-state index is 0.00231. The van der Waals surface area contributed by atoms with Crippen LogP contribution < -0.4 is 16.0 Å². The third kappa shape index (κ3) is 7.65. The van der Waals surface area contributed by atoms with Gasteiger partial charge < -0.3 is 16.0 Å². The van der Waals surface area contributed by atoms with Crippen molar-refractivity contribution >= 4 is 58.3 Å². The molecule has 3 aromatic carbocycles. The number of halogens is 4. The van der Waals surface area contributed by atoms with E-state index in [4.69, 9.17) is 0 Å². The third-order valence-corrected chi connectivity index (χ3v) is 7.84. The molecule has 0 saturated carbocycles.